The molecule has 1 aliphatic carbocycles. The smallest absolute Gasteiger partial charge is 0.263 e. The maximum absolute atomic E-state index is 12.6. The van der Waals surface area contributed by atoms with Crippen LogP contribution >= 0.6 is 0 Å². The predicted molar refractivity (Wildman–Crippen MR) is 86.8 cm³/mol. The van der Waals surface area contributed by atoms with Crippen molar-refractivity contribution in [3.63, 3.8) is 0 Å². The number of rotatable bonds is 3. The van der Waals surface area contributed by atoms with Crippen molar-refractivity contribution in [1.29, 1.82) is 0 Å². The Kier molecular flexibility index (Phi) is 3.11. The number of para-hydroxylation sites is 1. The van der Waals surface area contributed by atoms with Gasteiger partial charge in [0.15, 0.2) is 6.10 Å². The Balaban J connectivity index is 1.20. The van der Waals surface area contributed by atoms with Crippen LogP contribution in [0.25, 0.3) is 0 Å². The van der Waals surface area contributed by atoms with Gasteiger partial charge >= 0.3 is 0 Å². The van der Waals surface area contributed by atoms with Crippen LogP contribution in [0.3, 0.4) is 0 Å². The molecule has 2 aliphatic heterocycles. The lowest BCUT2D eigenvalue weighted by atomic mass is 10.00. The molecule has 0 radical (unpaired) electrons. The van der Waals surface area contributed by atoms with Crippen molar-refractivity contribution in [2.24, 2.45) is 0 Å². The summed E-state index contributed by atoms with van der Waals surface area (Å²) in [5, 5.41) is 8.48. The van der Waals surface area contributed by atoms with E-state index in [1.807, 2.05) is 27.8 Å². The summed E-state index contributed by atoms with van der Waals surface area (Å²) in [5.74, 6) is 1.57. The number of ether oxygens (including phenoxy) is 1. The molecule has 0 N–H and O–H groups in total. The van der Waals surface area contributed by atoms with Crippen LogP contribution in [-0.2, 0) is 11.2 Å². The Morgan fingerprint density at radius 1 is 1.17 bits per heavy atom. The van der Waals surface area contributed by atoms with Gasteiger partial charge in [0, 0.05) is 25.2 Å². The molecule has 5 rings (SSSR count). The summed E-state index contributed by atoms with van der Waals surface area (Å²) in [7, 11) is 0. The van der Waals surface area contributed by atoms with Crippen LogP contribution in [0.15, 0.2) is 30.5 Å². The Morgan fingerprint density at radius 2 is 2.00 bits per heavy atom. The minimum atomic E-state index is -0.348. The van der Waals surface area contributed by atoms with Gasteiger partial charge in [-0.05, 0) is 37.3 Å². The molecule has 0 spiro atoms. The number of hydrogen-bond donors (Lipinski definition) is 0. The molecule has 3 heterocycles. The standard InChI is InChI=1S/C18H20N4O2/c23-18(17-8-7-13-3-1-2-4-16(13)24-17)21-9-14(10-21)22-11-15(19-20-22)12-5-6-12/h1-4,11-12,14,17H,5-10H2/t17-/m0/s1. The quantitative estimate of drug-likeness (QED) is 0.865. The van der Waals surface area contributed by atoms with Crippen LogP contribution in [-0.4, -0.2) is 45.0 Å². The average molecular weight is 324 g/mol. The van der Waals surface area contributed by atoms with Crippen molar-refractivity contribution >= 4 is 5.91 Å². The lowest BCUT2D eigenvalue weighted by Gasteiger charge is -2.41. The molecule has 1 aromatic heterocycles. The highest BCUT2D eigenvalue weighted by Gasteiger charge is 2.38. The highest BCUT2D eigenvalue weighted by Crippen LogP contribution is 2.39. The van der Waals surface area contributed by atoms with E-state index < -0.39 is 0 Å². The first kappa shape index (κ1) is 14.0. The van der Waals surface area contributed by atoms with Gasteiger partial charge in [-0.15, -0.1) is 5.10 Å². The minimum absolute atomic E-state index is 0.100. The molecule has 0 bridgehead atoms. The Bertz CT molecular complexity index is 777. The van der Waals surface area contributed by atoms with Gasteiger partial charge in [0.25, 0.3) is 5.91 Å². The second-order valence-corrected chi connectivity index (χ2v) is 7.05. The van der Waals surface area contributed by atoms with Gasteiger partial charge in [-0.25, -0.2) is 4.68 Å². The van der Waals surface area contributed by atoms with Gasteiger partial charge in [-0.2, -0.15) is 0 Å². The topological polar surface area (TPSA) is 60.2 Å². The summed E-state index contributed by atoms with van der Waals surface area (Å²) < 4.78 is 7.83. The number of nitrogens with zero attached hydrogens (tertiary/aromatic N) is 4. The number of aryl methyl sites for hydroxylation is 1. The summed E-state index contributed by atoms with van der Waals surface area (Å²) in [6, 6.07) is 8.23. The molecule has 124 valence electrons. The van der Waals surface area contributed by atoms with Crippen LogP contribution in [0, 0.1) is 0 Å². The van der Waals surface area contributed by atoms with Gasteiger partial charge in [0.2, 0.25) is 0 Å². The third-order valence-electron chi connectivity index (χ3n) is 5.26. The van der Waals surface area contributed by atoms with Crippen LogP contribution < -0.4 is 4.74 Å². The van der Waals surface area contributed by atoms with E-state index in [2.05, 4.69) is 22.6 Å². The number of benzene rings is 1. The maximum Gasteiger partial charge on any atom is 0.263 e. The summed E-state index contributed by atoms with van der Waals surface area (Å²) >= 11 is 0. The SMILES string of the molecule is O=C([C@@H]1CCc2ccccc2O1)N1CC(n2cc(C3CC3)nn2)C1. The molecule has 1 saturated carbocycles. The molecule has 1 aromatic carbocycles. The number of likely N-dealkylation sites (tertiary alicyclic amines) is 1. The molecule has 3 aliphatic rings. The molecule has 2 fully saturated rings. The fourth-order valence-corrected chi connectivity index (χ4v) is 3.54. The van der Waals surface area contributed by atoms with Crippen LogP contribution in [0.2, 0.25) is 0 Å². The van der Waals surface area contributed by atoms with Crippen molar-refractivity contribution in [3.8, 4) is 5.75 Å². The Hall–Kier alpha value is -2.37. The molecular weight excluding hydrogens is 304 g/mol. The van der Waals surface area contributed by atoms with E-state index in [0.29, 0.717) is 19.0 Å². The van der Waals surface area contributed by atoms with E-state index in [9.17, 15) is 4.79 Å². The third-order valence-corrected chi connectivity index (χ3v) is 5.26. The first-order valence-corrected chi connectivity index (χ1v) is 8.73. The molecule has 24 heavy (non-hydrogen) atoms. The largest absolute Gasteiger partial charge is 0.480 e. The average Bonchev–Trinajstić information content (AvgIpc) is 3.32. The zero-order valence-corrected chi connectivity index (χ0v) is 13.5. The molecule has 6 nitrogen and oxygen atoms in total. The normalized spacial score (nSPS) is 23.3. The van der Waals surface area contributed by atoms with Gasteiger partial charge < -0.3 is 9.64 Å². The monoisotopic (exact) mass is 324 g/mol. The number of aromatic nitrogens is 3. The Labute approximate surface area is 140 Å². The second-order valence-electron chi connectivity index (χ2n) is 7.05. The molecule has 1 saturated heterocycles. The van der Waals surface area contributed by atoms with E-state index in [4.69, 9.17) is 4.74 Å². The van der Waals surface area contributed by atoms with Crippen molar-refractivity contribution in [1.82, 2.24) is 19.9 Å². The molecule has 2 aromatic rings. The van der Waals surface area contributed by atoms with Crippen molar-refractivity contribution in [2.75, 3.05) is 13.1 Å². The molecular formula is C18H20N4O2. The van der Waals surface area contributed by atoms with Gasteiger partial charge in [0.05, 0.1) is 11.7 Å². The van der Waals surface area contributed by atoms with E-state index in [-0.39, 0.29) is 18.1 Å². The van der Waals surface area contributed by atoms with Crippen molar-refractivity contribution in [3.05, 3.63) is 41.7 Å². The highest BCUT2D eigenvalue weighted by molar-refractivity contribution is 5.82. The number of carbonyl (C=O) groups excluding carboxylic acids is 1. The van der Waals surface area contributed by atoms with Crippen LogP contribution in [0.4, 0.5) is 0 Å². The zero-order chi connectivity index (χ0) is 16.1. The number of amides is 1. The Morgan fingerprint density at radius 3 is 2.83 bits per heavy atom. The van der Waals surface area contributed by atoms with E-state index in [0.717, 1.165) is 24.3 Å². The van der Waals surface area contributed by atoms with Crippen molar-refractivity contribution < 1.29 is 9.53 Å². The fraction of sp³-hybridized carbons (Fsp3) is 0.500. The maximum atomic E-state index is 12.6. The van der Waals surface area contributed by atoms with E-state index >= 15 is 0 Å². The minimum Gasteiger partial charge on any atom is -0.480 e. The van der Waals surface area contributed by atoms with Crippen LogP contribution in [0.1, 0.15) is 42.5 Å². The molecule has 1 atom stereocenters. The second kappa shape index (κ2) is 5.33. The summed E-state index contributed by atoms with van der Waals surface area (Å²) in [5.41, 5.74) is 2.30. The number of carbonyl (C=O) groups is 1. The van der Waals surface area contributed by atoms with Gasteiger partial charge in [-0.1, -0.05) is 23.4 Å². The molecule has 6 heteroatoms. The van der Waals surface area contributed by atoms with E-state index in [1.54, 1.807) is 0 Å². The highest BCUT2D eigenvalue weighted by atomic mass is 16.5. The third kappa shape index (κ3) is 2.37. The van der Waals surface area contributed by atoms with E-state index in [1.165, 1.54) is 18.4 Å². The van der Waals surface area contributed by atoms with Crippen molar-refractivity contribution in [2.45, 2.75) is 43.7 Å². The zero-order valence-electron chi connectivity index (χ0n) is 13.5. The summed E-state index contributed by atoms with van der Waals surface area (Å²) in [6.45, 7) is 1.40. The van der Waals surface area contributed by atoms with Gasteiger partial charge in [-0.3, -0.25) is 4.79 Å². The first-order chi connectivity index (χ1) is 11.8. The number of hydrogen-bond acceptors (Lipinski definition) is 4. The lowest BCUT2D eigenvalue weighted by molar-refractivity contribution is -0.145. The summed E-state index contributed by atoms with van der Waals surface area (Å²) in [6.07, 6.45) is 5.82. The molecule has 0 unspecified atom stereocenters. The first-order valence-electron chi connectivity index (χ1n) is 8.73. The lowest BCUT2D eigenvalue weighted by Crippen LogP contribution is -2.55. The molecule has 1 amide bonds. The summed E-state index contributed by atoms with van der Waals surface area (Å²) in [4.78, 5) is 14.5. The van der Waals surface area contributed by atoms with Crippen LogP contribution in [0.5, 0.6) is 5.75 Å². The van der Waals surface area contributed by atoms with Gasteiger partial charge in [0.1, 0.15) is 5.75 Å². The predicted octanol–water partition coefficient (Wildman–Crippen LogP) is 1.93. The number of fused-ring (bicyclic) bond motifs is 1. The fourth-order valence-electron chi connectivity index (χ4n) is 3.54.